The maximum atomic E-state index is 12.5. The van der Waals surface area contributed by atoms with E-state index in [1.54, 1.807) is 27.7 Å². The molecule has 0 unspecified atom stereocenters. The van der Waals surface area contributed by atoms with Crippen molar-refractivity contribution in [1.29, 1.82) is 0 Å². The van der Waals surface area contributed by atoms with Crippen LogP contribution >= 0.6 is 11.6 Å². The molecular weight excluding hydrogens is 278 g/mol. The van der Waals surface area contributed by atoms with Crippen LogP contribution in [0.2, 0.25) is 0 Å². The van der Waals surface area contributed by atoms with E-state index in [1.807, 2.05) is 18.2 Å². The van der Waals surface area contributed by atoms with Crippen LogP contribution in [0, 0.1) is 0 Å². The quantitative estimate of drug-likeness (QED) is 0.682. The molecule has 2 aromatic heterocycles. The lowest BCUT2D eigenvalue weighted by molar-refractivity contribution is 0.500. The summed E-state index contributed by atoms with van der Waals surface area (Å²) in [6, 6.07) is 7.27. The van der Waals surface area contributed by atoms with Crippen molar-refractivity contribution in [2.45, 2.75) is 19.0 Å². The number of nitrogens with zero attached hydrogens (tertiary/aromatic N) is 5. The molecule has 6 nitrogen and oxygen atoms in total. The van der Waals surface area contributed by atoms with Gasteiger partial charge in [0.05, 0.1) is 29.5 Å². The first kappa shape index (κ1) is 12.8. The summed E-state index contributed by atoms with van der Waals surface area (Å²) >= 11 is 5.91. The van der Waals surface area contributed by atoms with Gasteiger partial charge in [-0.3, -0.25) is 14.0 Å². The Morgan fingerprint density at radius 3 is 2.80 bits per heavy atom. The molecular formula is C13H12ClN5O. The zero-order valence-corrected chi connectivity index (χ0v) is 11.4. The second-order valence-corrected chi connectivity index (χ2v) is 4.57. The molecule has 0 atom stereocenters. The molecule has 0 radical (unpaired) electrons. The Balaban J connectivity index is 2.04. The molecule has 0 bridgehead atoms. The predicted octanol–water partition coefficient (Wildman–Crippen LogP) is 1.43. The van der Waals surface area contributed by atoms with Gasteiger partial charge in [0.25, 0.3) is 5.56 Å². The van der Waals surface area contributed by atoms with Gasteiger partial charge in [0.15, 0.2) is 0 Å². The molecule has 0 amide bonds. The first-order valence-corrected chi connectivity index (χ1v) is 6.71. The van der Waals surface area contributed by atoms with Gasteiger partial charge in [-0.2, -0.15) is 0 Å². The number of aromatic nitrogens is 5. The second kappa shape index (κ2) is 5.42. The van der Waals surface area contributed by atoms with Gasteiger partial charge < -0.3 is 0 Å². The minimum atomic E-state index is -0.0774. The smallest absolute Gasteiger partial charge is 0.261 e. The number of para-hydroxylation sites is 1. The zero-order valence-electron chi connectivity index (χ0n) is 10.6. The van der Waals surface area contributed by atoms with Crippen molar-refractivity contribution in [1.82, 2.24) is 24.5 Å². The summed E-state index contributed by atoms with van der Waals surface area (Å²) in [5.41, 5.74) is 0.594. The van der Waals surface area contributed by atoms with E-state index in [0.29, 0.717) is 29.8 Å². The van der Waals surface area contributed by atoms with Crippen LogP contribution < -0.4 is 5.56 Å². The van der Waals surface area contributed by atoms with Crippen LogP contribution in [-0.4, -0.2) is 24.5 Å². The van der Waals surface area contributed by atoms with E-state index >= 15 is 0 Å². The lowest BCUT2D eigenvalue weighted by Crippen LogP contribution is -2.27. The molecule has 102 valence electrons. The first-order chi connectivity index (χ1) is 9.79. The SMILES string of the molecule is O=c1c2ccccc2nc(CCl)n1CCn1ccnn1. The van der Waals surface area contributed by atoms with Gasteiger partial charge >= 0.3 is 0 Å². The van der Waals surface area contributed by atoms with Crippen molar-refractivity contribution in [3.63, 3.8) is 0 Å². The van der Waals surface area contributed by atoms with Crippen molar-refractivity contribution in [2.75, 3.05) is 0 Å². The van der Waals surface area contributed by atoms with Crippen molar-refractivity contribution in [2.24, 2.45) is 0 Å². The number of benzene rings is 1. The minimum absolute atomic E-state index is 0.0774. The van der Waals surface area contributed by atoms with Crippen molar-refractivity contribution in [3.8, 4) is 0 Å². The van der Waals surface area contributed by atoms with Crippen LogP contribution in [0.1, 0.15) is 5.82 Å². The predicted molar refractivity (Wildman–Crippen MR) is 75.6 cm³/mol. The number of rotatable bonds is 4. The van der Waals surface area contributed by atoms with Crippen LogP contribution in [0.4, 0.5) is 0 Å². The van der Waals surface area contributed by atoms with Gasteiger partial charge in [-0.15, -0.1) is 16.7 Å². The van der Waals surface area contributed by atoms with Crippen molar-refractivity contribution in [3.05, 3.63) is 52.8 Å². The summed E-state index contributed by atoms with van der Waals surface area (Å²) in [6.45, 7) is 1.01. The minimum Gasteiger partial charge on any atom is -0.293 e. The highest BCUT2D eigenvalue weighted by Crippen LogP contribution is 2.09. The monoisotopic (exact) mass is 289 g/mol. The Kier molecular flexibility index (Phi) is 3.47. The fraction of sp³-hybridized carbons (Fsp3) is 0.231. The lowest BCUT2D eigenvalue weighted by Gasteiger charge is -2.11. The van der Waals surface area contributed by atoms with Gasteiger partial charge in [-0.25, -0.2) is 4.98 Å². The van der Waals surface area contributed by atoms with Crippen LogP contribution in [0.5, 0.6) is 0 Å². The van der Waals surface area contributed by atoms with Gasteiger partial charge in [0.1, 0.15) is 5.82 Å². The first-order valence-electron chi connectivity index (χ1n) is 6.18. The third kappa shape index (κ3) is 2.30. The molecule has 2 heterocycles. The van der Waals surface area contributed by atoms with Crippen LogP contribution in [-0.2, 0) is 19.0 Å². The summed E-state index contributed by atoms with van der Waals surface area (Å²) in [7, 11) is 0. The average molecular weight is 290 g/mol. The van der Waals surface area contributed by atoms with E-state index in [0.717, 1.165) is 0 Å². The summed E-state index contributed by atoms with van der Waals surface area (Å²) in [5, 5.41) is 8.21. The topological polar surface area (TPSA) is 65.6 Å². The van der Waals surface area contributed by atoms with Crippen LogP contribution in [0.15, 0.2) is 41.5 Å². The summed E-state index contributed by atoms with van der Waals surface area (Å²) in [4.78, 5) is 16.9. The molecule has 1 aromatic carbocycles. The molecule has 3 aromatic rings. The van der Waals surface area contributed by atoms with E-state index in [9.17, 15) is 4.79 Å². The summed E-state index contributed by atoms with van der Waals surface area (Å²) in [6.07, 6.45) is 3.35. The fourth-order valence-electron chi connectivity index (χ4n) is 2.10. The average Bonchev–Trinajstić information content (AvgIpc) is 2.99. The highest BCUT2D eigenvalue weighted by molar-refractivity contribution is 6.16. The number of fused-ring (bicyclic) bond motifs is 1. The highest BCUT2D eigenvalue weighted by atomic mass is 35.5. The Morgan fingerprint density at radius 2 is 2.05 bits per heavy atom. The molecule has 0 aliphatic heterocycles. The molecule has 0 aliphatic rings. The number of hydrogen-bond donors (Lipinski definition) is 0. The van der Waals surface area contributed by atoms with E-state index < -0.39 is 0 Å². The highest BCUT2D eigenvalue weighted by Gasteiger charge is 2.09. The maximum absolute atomic E-state index is 12.5. The van der Waals surface area contributed by atoms with Crippen molar-refractivity contribution < 1.29 is 0 Å². The molecule has 3 rings (SSSR count). The number of halogens is 1. The summed E-state index contributed by atoms with van der Waals surface area (Å²) < 4.78 is 3.26. The number of hydrogen-bond acceptors (Lipinski definition) is 4. The maximum Gasteiger partial charge on any atom is 0.261 e. The molecule has 0 N–H and O–H groups in total. The Labute approximate surface area is 119 Å². The Morgan fingerprint density at radius 1 is 1.20 bits per heavy atom. The lowest BCUT2D eigenvalue weighted by atomic mass is 10.2. The van der Waals surface area contributed by atoms with Crippen molar-refractivity contribution >= 4 is 22.5 Å². The van der Waals surface area contributed by atoms with Gasteiger partial charge in [-0.05, 0) is 12.1 Å². The normalized spacial score (nSPS) is 11.1. The standard InChI is InChI=1S/C13H12ClN5O/c14-9-12-16-11-4-2-1-3-10(11)13(20)19(12)8-7-18-6-5-15-17-18/h1-6H,7-9H2. The van der Waals surface area contributed by atoms with E-state index in [-0.39, 0.29) is 11.4 Å². The summed E-state index contributed by atoms with van der Waals surface area (Å²) in [5.74, 6) is 0.757. The molecule has 0 fully saturated rings. The second-order valence-electron chi connectivity index (χ2n) is 4.30. The molecule has 7 heteroatoms. The Bertz CT molecular complexity index is 781. The Hall–Kier alpha value is -2.21. The van der Waals surface area contributed by atoms with E-state index in [2.05, 4.69) is 15.3 Å². The van der Waals surface area contributed by atoms with Crippen LogP contribution in [0.25, 0.3) is 10.9 Å². The zero-order chi connectivity index (χ0) is 13.9. The third-order valence-electron chi connectivity index (χ3n) is 3.08. The van der Waals surface area contributed by atoms with Gasteiger partial charge in [0.2, 0.25) is 0 Å². The third-order valence-corrected chi connectivity index (χ3v) is 3.32. The van der Waals surface area contributed by atoms with E-state index in [4.69, 9.17) is 11.6 Å². The fourth-order valence-corrected chi connectivity index (χ4v) is 2.31. The molecule has 0 saturated carbocycles. The van der Waals surface area contributed by atoms with Gasteiger partial charge in [-0.1, -0.05) is 17.3 Å². The van der Waals surface area contributed by atoms with Gasteiger partial charge in [0, 0.05) is 12.7 Å². The molecule has 0 saturated heterocycles. The molecule has 0 spiro atoms. The van der Waals surface area contributed by atoms with Crippen LogP contribution in [0.3, 0.4) is 0 Å². The molecule has 0 aliphatic carbocycles. The largest absolute Gasteiger partial charge is 0.293 e. The molecule has 20 heavy (non-hydrogen) atoms. The van der Waals surface area contributed by atoms with E-state index in [1.165, 1.54) is 0 Å². The number of alkyl halides is 1. The number of aryl methyl sites for hydroxylation is 1.